The molecule has 1 spiro atoms. The quantitative estimate of drug-likeness (QED) is 0.526. The van der Waals surface area contributed by atoms with E-state index in [4.69, 9.17) is 24.5 Å². The van der Waals surface area contributed by atoms with Gasteiger partial charge in [0.1, 0.15) is 0 Å². The van der Waals surface area contributed by atoms with Gasteiger partial charge in [-0.05, 0) is 56.3 Å². The van der Waals surface area contributed by atoms with Gasteiger partial charge in [-0.1, -0.05) is 6.07 Å². The number of halogens is 6. The van der Waals surface area contributed by atoms with Crippen molar-refractivity contribution in [3.63, 3.8) is 0 Å². The average Bonchev–Trinajstić information content (AvgIpc) is 2.85. The van der Waals surface area contributed by atoms with Crippen molar-refractivity contribution in [3.8, 4) is 0 Å². The van der Waals surface area contributed by atoms with E-state index in [2.05, 4.69) is 22.0 Å². The van der Waals surface area contributed by atoms with Gasteiger partial charge < -0.3 is 19.8 Å². The number of hydrogen-bond acceptors (Lipinski definition) is 6. The first kappa shape index (κ1) is 33.1. The maximum atomic E-state index is 12.1. The van der Waals surface area contributed by atoms with E-state index in [-0.39, 0.29) is 5.91 Å². The Hall–Kier alpha value is -2.94. The van der Waals surface area contributed by atoms with Gasteiger partial charge in [-0.2, -0.15) is 26.3 Å². The van der Waals surface area contributed by atoms with Crippen molar-refractivity contribution in [2.24, 2.45) is 5.41 Å². The van der Waals surface area contributed by atoms with E-state index in [0.717, 1.165) is 51.3 Å². The van der Waals surface area contributed by atoms with Gasteiger partial charge in [0.25, 0.3) is 0 Å². The van der Waals surface area contributed by atoms with Gasteiger partial charge in [0, 0.05) is 32.9 Å². The highest BCUT2D eigenvalue weighted by molar-refractivity contribution is 5.76. The number of rotatable bonds is 5. The van der Waals surface area contributed by atoms with Gasteiger partial charge in [0.05, 0.1) is 18.7 Å². The SMILES string of the molecule is COCCC(=O)N1CCC2(CCN(Cc3ccccn3)CC2)CC1.O=C(O)C(F)(F)F.O=C(O)C(F)(F)F. The summed E-state index contributed by atoms with van der Waals surface area (Å²) < 4.78 is 68.5. The van der Waals surface area contributed by atoms with Crippen molar-refractivity contribution in [2.45, 2.75) is 51.0 Å². The van der Waals surface area contributed by atoms with Crippen LogP contribution in [0.1, 0.15) is 37.8 Å². The minimum Gasteiger partial charge on any atom is -0.475 e. The second kappa shape index (κ2) is 14.9. The number of pyridine rings is 1. The lowest BCUT2D eigenvalue weighted by molar-refractivity contribution is -0.193. The molecular formula is C23H31F6N3O6. The zero-order valence-corrected chi connectivity index (χ0v) is 20.7. The minimum absolute atomic E-state index is 0.249. The molecule has 2 saturated heterocycles. The van der Waals surface area contributed by atoms with Crippen LogP contribution in [0.15, 0.2) is 24.4 Å². The summed E-state index contributed by atoms with van der Waals surface area (Å²) in [5, 5.41) is 14.2. The molecule has 3 rings (SSSR count). The molecule has 216 valence electrons. The first-order valence-corrected chi connectivity index (χ1v) is 11.6. The summed E-state index contributed by atoms with van der Waals surface area (Å²) in [5.41, 5.74) is 1.62. The molecule has 2 aliphatic rings. The highest BCUT2D eigenvalue weighted by Crippen LogP contribution is 2.41. The number of carbonyl (C=O) groups excluding carboxylic acids is 1. The smallest absolute Gasteiger partial charge is 0.475 e. The van der Waals surface area contributed by atoms with Crippen molar-refractivity contribution in [1.29, 1.82) is 0 Å². The van der Waals surface area contributed by atoms with Crippen LogP contribution in [-0.2, 0) is 25.7 Å². The molecule has 0 aliphatic carbocycles. The fourth-order valence-corrected chi connectivity index (χ4v) is 3.98. The molecule has 15 heteroatoms. The second-order valence-corrected chi connectivity index (χ2v) is 8.83. The van der Waals surface area contributed by atoms with E-state index in [1.165, 1.54) is 12.8 Å². The Morgan fingerprint density at radius 3 is 1.79 bits per heavy atom. The lowest BCUT2D eigenvalue weighted by Gasteiger charge is -2.47. The Bertz CT molecular complexity index is 856. The topological polar surface area (TPSA) is 120 Å². The number of aliphatic carboxylic acids is 2. The van der Waals surface area contributed by atoms with Gasteiger partial charge in [-0.3, -0.25) is 14.7 Å². The standard InChI is InChI=1S/C19H29N3O2.2C2HF3O2/c1-24-15-5-18(23)22-13-8-19(9-14-22)6-11-21(12-7-19)16-17-4-2-3-10-20-17;2*3-2(4,5)1(6)7/h2-4,10H,5-9,11-16H2,1H3;2*(H,6,7). The first-order chi connectivity index (χ1) is 17.6. The highest BCUT2D eigenvalue weighted by Gasteiger charge is 2.39. The minimum atomic E-state index is -5.08. The molecule has 2 fully saturated rings. The summed E-state index contributed by atoms with van der Waals surface area (Å²) in [4.78, 5) is 38.9. The van der Waals surface area contributed by atoms with Crippen LogP contribution in [-0.4, -0.2) is 95.1 Å². The largest absolute Gasteiger partial charge is 0.490 e. The maximum absolute atomic E-state index is 12.1. The van der Waals surface area contributed by atoms with E-state index in [9.17, 15) is 31.1 Å². The Morgan fingerprint density at radius 2 is 1.39 bits per heavy atom. The van der Waals surface area contributed by atoms with Crippen LogP contribution < -0.4 is 0 Å². The van der Waals surface area contributed by atoms with Crippen molar-refractivity contribution in [2.75, 3.05) is 39.9 Å². The van der Waals surface area contributed by atoms with Gasteiger partial charge in [-0.15, -0.1) is 0 Å². The summed E-state index contributed by atoms with van der Waals surface area (Å²) in [5.74, 6) is -5.26. The van der Waals surface area contributed by atoms with Crippen LogP contribution in [0.2, 0.25) is 0 Å². The van der Waals surface area contributed by atoms with E-state index < -0.39 is 24.3 Å². The third-order valence-electron chi connectivity index (χ3n) is 6.21. The van der Waals surface area contributed by atoms with Crippen LogP contribution in [0.3, 0.4) is 0 Å². The predicted molar refractivity (Wildman–Crippen MR) is 121 cm³/mol. The number of carboxylic acids is 2. The monoisotopic (exact) mass is 559 g/mol. The molecule has 0 bridgehead atoms. The molecule has 9 nitrogen and oxygen atoms in total. The fraction of sp³-hybridized carbons (Fsp3) is 0.652. The summed E-state index contributed by atoms with van der Waals surface area (Å²) in [7, 11) is 1.65. The van der Waals surface area contributed by atoms with Crippen molar-refractivity contribution < 1.29 is 55.7 Å². The number of ether oxygens (including phenoxy) is 1. The molecule has 2 N–H and O–H groups in total. The molecule has 38 heavy (non-hydrogen) atoms. The van der Waals surface area contributed by atoms with Crippen LogP contribution in [0.5, 0.6) is 0 Å². The fourth-order valence-electron chi connectivity index (χ4n) is 3.98. The van der Waals surface area contributed by atoms with E-state index in [1.807, 2.05) is 17.2 Å². The van der Waals surface area contributed by atoms with Gasteiger partial charge in [-0.25, -0.2) is 9.59 Å². The number of likely N-dealkylation sites (tertiary alicyclic amines) is 2. The number of carboxylic acid groups (broad SMARTS) is 2. The normalized spacial score (nSPS) is 17.5. The number of hydrogen-bond donors (Lipinski definition) is 2. The van der Waals surface area contributed by atoms with Crippen molar-refractivity contribution in [3.05, 3.63) is 30.1 Å². The zero-order chi connectivity index (χ0) is 29.0. The molecule has 1 aromatic heterocycles. The number of carbonyl (C=O) groups is 3. The number of methoxy groups -OCH3 is 1. The summed E-state index contributed by atoms with van der Waals surface area (Å²) >= 11 is 0. The molecule has 0 saturated carbocycles. The van der Waals surface area contributed by atoms with Crippen molar-refractivity contribution >= 4 is 17.8 Å². The van der Waals surface area contributed by atoms with Crippen LogP contribution >= 0.6 is 0 Å². The molecule has 2 aliphatic heterocycles. The number of nitrogens with zero attached hydrogens (tertiary/aromatic N) is 3. The number of alkyl halides is 6. The summed E-state index contributed by atoms with van der Waals surface area (Å²) in [6.45, 7) is 5.62. The van der Waals surface area contributed by atoms with Gasteiger partial charge >= 0.3 is 24.3 Å². The highest BCUT2D eigenvalue weighted by atomic mass is 19.4. The molecular weight excluding hydrogens is 528 g/mol. The van der Waals surface area contributed by atoms with E-state index in [0.29, 0.717) is 18.4 Å². The first-order valence-electron chi connectivity index (χ1n) is 11.6. The van der Waals surface area contributed by atoms with Crippen LogP contribution in [0.4, 0.5) is 26.3 Å². The average molecular weight is 560 g/mol. The van der Waals surface area contributed by atoms with E-state index in [1.54, 1.807) is 7.11 Å². The Kier molecular flexibility index (Phi) is 12.9. The summed E-state index contributed by atoms with van der Waals surface area (Å²) in [6.07, 6.45) is -2.97. The third kappa shape index (κ3) is 12.1. The number of piperidine rings is 2. The lowest BCUT2D eigenvalue weighted by Crippen LogP contribution is -2.48. The Labute approximate surface area is 215 Å². The second-order valence-electron chi connectivity index (χ2n) is 8.83. The Morgan fingerprint density at radius 1 is 0.921 bits per heavy atom. The molecule has 1 aromatic rings. The van der Waals surface area contributed by atoms with E-state index >= 15 is 0 Å². The molecule has 0 aromatic carbocycles. The van der Waals surface area contributed by atoms with Crippen molar-refractivity contribution in [1.82, 2.24) is 14.8 Å². The molecule has 0 unspecified atom stereocenters. The Balaban J connectivity index is 0.000000426. The number of aromatic nitrogens is 1. The zero-order valence-electron chi connectivity index (χ0n) is 20.7. The van der Waals surface area contributed by atoms with Gasteiger partial charge in [0.15, 0.2) is 0 Å². The molecule has 1 amide bonds. The molecule has 0 atom stereocenters. The van der Waals surface area contributed by atoms with Crippen LogP contribution in [0.25, 0.3) is 0 Å². The van der Waals surface area contributed by atoms with Gasteiger partial charge in [0.2, 0.25) is 5.91 Å². The third-order valence-corrected chi connectivity index (χ3v) is 6.21. The maximum Gasteiger partial charge on any atom is 0.490 e. The predicted octanol–water partition coefficient (Wildman–Crippen LogP) is 3.59. The molecule has 0 radical (unpaired) electrons. The summed E-state index contributed by atoms with van der Waals surface area (Å²) in [6, 6.07) is 6.13. The molecule has 3 heterocycles. The number of amides is 1. The van der Waals surface area contributed by atoms with Crippen LogP contribution in [0, 0.1) is 5.41 Å². The lowest BCUT2D eigenvalue weighted by atomic mass is 9.71.